The molecule has 16 nitrogen and oxygen atoms in total. The number of aromatic nitrogens is 3. The molecule has 1 saturated carbocycles. The van der Waals surface area contributed by atoms with Crippen LogP contribution in [0.4, 0.5) is 15.6 Å². The molecular weight excluding hydrogens is 937 g/mol. The Bertz CT molecular complexity index is 2700. The lowest BCUT2D eigenvalue weighted by atomic mass is 9.72. The van der Waals surface area contributed by atoms with E-state index < -0.39 is 29.7 Å². The average molecular weight is 1010 g/mol. The standard InChI is InChI=1S/C53H68N10O6S2/c1-33-42(59-51(68)69-40-9-7-6-8-10-40)23-38(27-55-33)37-15-16-41-44(24-37)71-50(58-41)54-19-22-62-30-53(31-62)17-20-61(21-18-53)29-45(65)60-47(52(3,4)5)49(67)63-28-39(64)25-43(63)48(66)56-26-35-11-13-36(14-12-35)46-34(2)57-32-70-46/h11-16,23-24,27,32,39-40,43,47,64H,6-10,17-22,25-26,28-31H2,1-5H3,(H,54,58)(H,56,66)(H,59,68)(H,60,65)/t39-,43+,47-/m1/s1. The molecule has 1 aliphatic carbocycles. The molecule has 3 atom stereocenters. The second kappa shape index (κ2) is 21.7. The van der Waals surface area contributed by atoms with Crippen LogP contribution in [0.3, 0.4) is 0 Å². The Hall–Kier alpha value is -5.53. The zero-order valence-corrected chi connectivity index (χ0v) is 43.2. The number of pyridine rings is 1. The summed E-state index contributed by atoms with van der Waals surface area (Å²) in [6.07, 6.45) is 7.91. The van der Waals surface area contributed by atoms with Gasteiger partial charge in [0.1, 0.15) is 18.2 Å². The van der Waals surface area contributed by atoms with Crippen molar-refractivity contribution >= 4 is 67.5 Å². The lowest BCUT2D eigenvalue weighted by Gasteiger charge is -2.54. The van der Waals surface area contributed by atoms with Gasteiger partial charge in [-0.25, -0.2) is 14.8 Å². The van der Waals surface area contributed by atoms with Gasteiger partial charge in [0.2, 0.25) is 17.7 Å². The fourth-order valence-corrected chi connectivity index (χ4v) is 12.3. The van der Waals surface area contributed by atoms with Gasteiger partial charge < -0.3 is 35.6 Å². The van der Waals surface area contributed by atoms with Crippen molar-refractivity contribution < 1.29 is 29.0 Å². The van der Waals surface area contributed by atoms with Gasteiger partial charge in [-0.3, -0.25) is 29.6 Å². The summed E-state index contributed by atoms with van der Waals surface area (Å²) in [7, 11) is 0. The van der Waals surface area contributed by atoms with E-state index in [1.807, 2.05) is 88.8 Å². The number of carbonyl (C=O) groups excluding carboxylic acids is 4. The number of aliphatic hydroxyl groups is 1. The molecule has 3 saturated heterocycles. The number of β-amino-alcohol motifs (C(OH)–C–C–N with tert-alkyl or cyclic N) is 1. The number of benzene rings is 2. The van der Waals surface area contributed by atoms with Crippen molar-refractivity contribution in [3.05, 3.63) is 77.2 Å². The number of aryl methyl sites for hydroxylation is 2. The largest absolute Gasteiger partial charge is 0.446 e. The summed E-state index contributed by atoms with van der Waals surface area (Å²) in [5.74, 6) is -0.911. The van der Waals surface area contributed by atoms with Crippen LogP contribution < -0.4 is 21.3 Å². The number of rotatable bonds is 15. The molecule has 5 aromatic rings. The molecule has 0 radical (unpaired) electrons. The number of thiazole rings is 2. The fourth-order valence-electron chi connectivity index (χ4n) is 10.5. The molecule has 5 N–H and O–H groups in total. The number of aliphatic hydroxyl groups excluding tert-OH is 1. The maximum absolute atomic E-state index is 14.2. The van der Waals surface area contributed by atoms with Gasteiger partial charge in [-0.15, -0.1) is 11.3 Å². The summed E-state index contributed by atoms with van der Waals surface area (Å²) >= 11 is 3.21. The number of hydrogen-bond acceptors (Lipinski definition) is 14. The third kappa shape index (κ3) is 12.2. The van der Waals surface area contributed by atoms with Crippen LogP contribution in [0.1, 0.15) is 89.1 Å². The van der Waals surface area contributed by atoms with E-state index in [4.69, 9.17) is 9.72 Å². The number of fused-ring (bicyclic) bond motifs is 1. The van der Waals surface area contributed by atoms with Crippen LogP contribution in [0, 0.1) is 24.7 Å². The predicted octanol–water partition coefficient (Wildman–Crippen LogP) is 7.60. The van der Waals surface area contributed by atoms with Crippen molar-refractivity contribution in [2.45, 2.75) is 117 Å². The molecule has 3 aromatic heterocycles. The lowest BCUT2D eigenvalue weighted by molar-refractivity contribution is -0.144. The van der Waals surface area contributed by atoms with Crippen LogP contribution in [0.15, 0.2) is 60.2 Å². The van der Waals surface area contributed by atoms with Crippen LogP contribution in [-0.4, -0.2) is 135 Å². The highest BCUT2D eigenvalue weighted by Crippen LogP contribution is 2.40. The van der Waals surface area contributed by atoms with Gasteiger partial charge in [0.05, 0.1) is 50.3 Å². The first-order valence-corrected chi connectivity index (χ1v) is 26.9. The van der Waals surface area contributed by atoms with E-state index in [0.29, 0.717) is 5.69 Å². The van der Waals surface area contributed by atoms with Crippen molar-refractivity contribution in [3.63, 3.8) is 0 Å². The zero-order chi connectivity index (χ0) is 49.9. The second-order valence-corrected chi connectivity index (χ2v) is 23.1. The minimum Gasteiger partial charge on any atom is -0.446 e. The Labute approximate surface area is 424 Å². The topological polar surface area (TPSA) is 194 Å². The van der Waals surface area contributed by atoms with Crippen molar-refractivity contribution in [1.29, 1.82) is 0 Å². The van der Waals surface area contributed by atoms with Gasteiger partial charge in [-0.2, -0.15) is 0 Å². The molecule has 378 valence electrons. The van der Waals surface area contributed by atoms with E-state index in [0.717, 1.165) is 132 Å². The van der Waals surface area contributed by atoms with Crippen molar-refractivity contribution in [3.8, 4) is 21.6 Å². The summed E-state index contributed by atoms with van der Waals surface area (Å²) in [5, 5.41) is 24.0. The Morgan fingerprint density at radius 3 is 2.38 bits per heavy atom. The molecule has 18 heteroatoms. The summed E-state index contributed by atoms with van der Waals surface area (Å²) in [6.45, 7) is 15.4. The van der Waals surface area contributed by atoms with E-state index >= 15 is 0 Å². The highest BCUT2D eigenvalue weighted by atomic mass is 32.1. The van der Waals surface area contributed by atoms with Crippen LogP contribution >= 0.6 is 22.7 Å². The predicted molar refractivity (Wildman–Crippen MR) is 279 cm³/mol. The van der Waals surface area contributed by atoms with Crippen molar-refractivity contribution in [2.24, 2.45) is 10.8 Å². The lowest BCUT2D eigenvalue weighted by Crippen LogP contribution is -2.62. The van der Waals surface area contributed by atoms with Gasteiger partial charge in [-0.05, 0) is 111 Å². The number of hydrogen-bond donors (Lipinski definition) is 5. The van der Waals surface area contributed by atoms with Crippen LogP contribution in [0.2, 0.25) is 0 Å². The zero-order valence-electron chi connectivity index (χ0n) is 41.6. The number of nitrogens with zero attached hydrogens (tertiary/aromatic N) is 6. The summed E-state index contributed by atoms with van der Waals surface area (Å²) < 4.78 is 6.76. The van der Waals surface area contributed by atoms with Crippen LogP contribution in [-0.2, 0) is 25.7 Å². The van der Waals surface area contributed by atoms with Gasteiger partial charge in [0.25, 0.3) is 0 Å². The van der Waals surface area contributed by atoms with Crippen molar-refractivity contribution in [1.82, 2.24) is 40.3 Å². The van der Waals surface area contributed by atoms with Gasteiger partial charge in [0, 0.05) is 57.4 Å². The third-order valence-corrected chi connectivity index (χ3v) is 16.6. The maximum Gasteiger partial charge on any atom is 0.411 e. The summed E-state index contributed by atoms with van der Waals surface area (Å²) in [5.41, 5.74) is 8.61. The minimum absolute atomic E-state index is 0.0212. The molecule has 6 heterocycles. The molecule has 3 aliphatic heterocycles. The Balaban J connectivity index is 0.703. The molecule has 0 unspecified atom stereocenters. The number of carbonyl (C=O) groups is 4. The Kier molecular flexibility index (Phi) is 15.4. The summed E-state index contributed by atoms with van der Waals surface area (Å²) in [4.78, 5) is 75.1. The molecule has 71 heavy (non-hydrogen) atoms. The number of likely N-dealkylation sites (tertiary alicyclic amines) is 3. The quantitative estimate of drug-likeness (QED) is 0.0691. The van der Waals surface area contributed by atoms with E-state index in [1.54, 1.807) is 22.7 Å². The number of nitrogens with one attached hydrogen (secondary N) is 4. The molecule has 4 amide bonds. The first-order valence-electron chi connectivity index (χ1n) is 25.2. The number of piperidine rings is 1. The number of anilines is 2. The minimum atomic E-state index is -0.874. The van der Waals surface area contributed by atoms with E-state index in [1.165, 1.54) is 11.3 Å². The van der Waals surface area contributed by atoms with Gasteiger partial charge in [-0.1, -0.05) is 68.9 Å². The first kappa shape index (κ1) is 50.4. The maximum atomic E-state index is 14.2. The van der Waals surface area contributed by atoms with Crippen molar-refractivity contribution in [2.75, 3.05) is 63.0 Å². The van der Waals surface area contributed by atoms with E-state index in [2.05, 4.69) is 47.1 Å². The summed E-state index contributed by atoms with van der Waals surface area (Å²) in [6, 6.07) is 14.4. The molecule has 4 fully saturated rings. The Morgan fingerprint density at radius 1 is 0.915 bits per heavy atom. The third-order valence-electron chi connectivity index (χ3n) is 14.7. The SMILES string of the molecule is Cc1ncc(-c2ccc3nc(NCCN4CC5(CCN(CC(=O)N[C@H](C(=O)N6C[C@H](O)C[C@H]6C(=O)NCc6ccc(-c7scnc7C)cc6)C(C)(C)C)CC5)C4)sc3c2)cc1NC(=O)OC1CCCCC1. The number of ether oxygens (including phenoxy) is 1. The highest BCUT2D eigenvalue weighted by Gasteiger charge is 2.46. The Morgan fingerprint density at radius 2 is 1.66 bits per heavy atom. The fraction of sp³-hybridized carbons (Fsp3) is 0.528. The molecule has 1 spiro atoms. The van der Waals surface area contributed by atoms with E-state index in [-0.39, 0.29) is 55.3 Å². The second-order valence-electron chi connectivity index (χ2n) is 21.2. The average Bonchev–Trinajstić information content (AvgIpc) is 4.08. The molecule has 0 bridgehead atoms. The van der Waals surface area contributed by atoms with Crippen LogP contribution in [0.5, 0.6) is 0 Å². The van der Waals surface area contributed by atoms with Gasteiger partial charge in [0.15, 0.2) is 5.13 Å². The number of amides is 4. The van der Waals surface area contributed by atoms with Crippen LogP contribution in [0.25, 0.3) is 31.8 Å². The monoisotopic (exact) mass is 1000 g/mol. The molecule has 9 rings (SSSR count). The molecular formula is C53H68N10O6S2. The molecule has 4 aliphatic rings. The smallest absolute Gasteiger partial charge is 0.411 e. The van der Waals surface area contributed by atoms with E-state index in [9.17, 15) is 24.3 Å². The normalized spacial score (nSPS) is 20.1. The highest BCUT2D eigenvalue weighted by molar-refractivity contribution is 7.22. The molecule has 2 aromatic carbocycles. The van der Waals surface area contributed by atoms with Gasteiger partial charge >= 0.3 is 6.09 Å². The first-order chi connectivity index (χ1) is 34.1.